The van der Waals surface area contributed by atoms with Gasteiger partial charge in [-0.05, 0) is 62.2 Å². The van der Waals surface area contributed by atoms with Gasteiger partial charge in [-0.2, -0.15) is 10.2 Å². The van der Waals surface area contributed by atoms with E-state index in [0.717, 1.165) is 53.2 Å². The molecule has 5 rings (SSSR count). The van der Waals surface area contributed by atoms with Crippen molar-refractivity contribution in [1.29, 1.82) is 0 Å². The standard InChI is InChI=1S/C22H26N8OS2/c1-14-6-7-15(2)18(11-14)30-19(23-25-21(30)32)13-33-22-26-24-20(17-8-9-28(3)27-17)29(22)12-16-5-4-10-31-16/h6-9,11,16H,4-5,10,12-13H2,1-3H3,(H,25,32)/t16-/m0/s1. The molecule has 0 bridgehead atoms. The topological polar surface area (TPSA) is 91.4 Å². The van der Waals surface area contributed by atoms with E-state index < -0.39 is 0 Å². The number of H-pyrrole nitrogens is 1. The smallest absolute Gasteiger partial charge is 0.199 e. The molecule has 4 heterocycles. The highest BCUT2D eigenvalue weighted by Gasteiger charge is 2.23. The van der Waals surface area contributed by atoms with E-state index in [0.29, 0.717) is 17.1 Å². The largest absolute Gasteiger partial charge is 0.376 e. The Labute approximate surface area is 201 Å². The summed E-state index contributed by atoms with van der Waals surface area (Å²) in [6.45, 7) is 5.66. The summed E-state index contributed by atoms with van der Waals surface area (Å²) >= 11 is 7.14. The Kier molecular flexibility index (Phi) is 6.17. The van der Waals surface area contributed by atoms with Gasteiger partial charge in [-0.25, -0.2) is 0 Å². The predicted molar refractivity (Wildman–Crippen MR) is 129 cm³/mol. The number of hydrogen-bond donors (Lipinski definition) is 1. The molecule has 0 amide bonds. The van der Waals surface area contributed by atoms with Crippen LogP contribution in [0.5, 0.6) is 0 Å². The molecule has 0 spiro atoms. The van der Waals surface area contributed by atoms with Crippen molar-refractivity contribution in [3.05, 3.63) is 52.2 Å². The lowest BCUT2D eigenvalue weighted by Crippen LogP contribution is -2.17. The highest BCUT2D eigenvalue weighted by Crippen LogP contribution is 2.28. The third-order valence-electron chi connectivity index (χ3n) is 5.75. The maximum absolute atomic E-state index is 5.90. The molecule has 1 aliphatic heterocycles. The normalized spacial score (nSPS) is 16.0. The van der Waals surface area contributed by atoms with Crippen LogP contribution in [0.1, 0.15) is 29.8 Å². The second-order valence-corrected chi connectivity index (χ2v) is 9.61. The molecule has 172 valence electrons. The van der Waals surface area contributed by atoms with Crippen molar-refractivity contribution >= 4 is 24.0 Å². The fourth-order valence-electron chi connectivity index (χ4n) is 4.04. The lowest BCUT2D eigenvalue weighted by atomic mass is 10.1. The maximum Gasteiger partial charge on any atom is 0.199 e. The van der Waals surface area contributed by atoms with Crippen LogP contribution in [0.3, 0.4) is 0 Å². The second-order valence-electron chi connectivity index (χ2n) is 8.29. The Bertz CT molecular complexity index is 1330. The number of rotatable bonds is 7. The first-order valence-corrected chi connectivity index (χ1v) is 12.3. The summed E-state index contributed by atoms with van der Waals surface area (Å²) in [6, 6.07) is 8.29. The fraction of sp³-hybridized carbons (Fsp3) is 0.409. The average molecular weight is 483 g/mol. The molecule has 0 aliphatic carbocycles. The van der Waals surface area contributed by atoms with Gasteiger partial charge in [-0.1, -0.05) is 23.9 Å². The van der Waals surface area contributed by atoms with Crippen molar-refractivity contribution in [3.63, 3.8) is 0 Å². The van der Waals surface area contributed by atoms with Crippen molar-refractivity contribution in [3.8, 4) is 17.2 Å². The zero-order valence-electron chi connectivity index (χ0n) is 18.9. The molecule has 9 nitrogen and oxygen atoms in total. The minimum atomic E-state index is 0.160. The number of aryl methyl sites for hydroxylation is 3. The molecule has 1 aliphatic rings. The van der Waals surface area contributed by atoms with Gasteiger partial charge in [0.2, 0.25) is 0 Å². The van der Waals surface area contributed by atoms with Crippen LogP contribution in [0.25, 0.3) is 17.2 Å². The third-order valence-corrected chi connectivity index (χ3v) is 6.98. The van der Waals surface area contributed by atoms with Crippen LogP contribution in [0.2, 0.25) is 0 Å². The van der Waals surface area contributed by atoms with Gasteiger partial charge in [-0.15, -0.1) is 10.2 Å². The van der Waals surface area contributed by atoms with Gasteiger partial charge in [0.15, 0.2) is 15.8 Å². The second kappa shape index (κ2) is 9.24. The molecule has 4 aromatic rings. The van der Waals surface area contributed by atoms with Crippen LogP contribution >= 0.6 is 24.0 Å². The van der Waals surface area contributed by atoms with E-state index in [2.05, 4.69) is 62.1 Å². The fourth-order valence-corrected chi connectivity index (χ4v) is 5.16. The van der Waals surface area contributed by atoms with E-state index in [1.807, 2.05) is 23.9 Å². The van der Waals surface area contributed by atoms with Gasteiger partial charge in [0.1, 0.15) is 11.5 Å². The monoisotopic (exact) mass is 482 g/mol. The Morgan fingerprint density at radius 2 is 2.12 bits per heavy atom. The first-order valence-electron chi connectivity index (χ1n) is 10.9. The number of nitrogens with zero attached hydrogens (tertiary/aromatic N) is 7. The quantitative estimate of drug-likeness (QED) is 0.314. The Morgan fingerprint density at radius 1 is 1.24 bits per heavy atom. The zero-order valence-corrected chi connectivity index (χ0v) is 20.5. The van der Waals surface area contributed by atoms with Gasteiger partial charge < -0.3 is 4.74 Å². The molecule has 1 atom stereocenters. The first kappa shape index (κ1) is 22.1. The summed E-state index contributed by atoms with van der Waals surface area (Å²) in [5.41, 5.74) is 4.16. The summed E-state index contributed by atoms with van der Waals surface area (Å²) in [4.78, 5) is 0. The summed E-state index contributed by atoms with van der Waals surface area (Å²) in [7, 11) is 1.90. The molecule has 1 N–H and O–H groups in total. The van der Waals surface area contributed by atoms with Crippen LogP contribution in [0, 0.1) is 18.6 Å². The van der Waals surface area contributed by atoms with Gasteiger partial charge in [0.05, 0.1) is 24.1 Å². The van der Waals surface area contributed by atoms with E-state index in [4.69, 9.17) is 17.0 Å². The Hall–Kier alpha value is -2.76. The molecule has 0 radical (unpaired) electrons. The average Bonchev–Trinajstić information content (AvgIpc) is 3.58. The molecular formula is C22H26N8OS2. The summed E-state index contributed by atoms with van der Waals surface area (Å²) < 4.78 is 12.4. The molecule has 33 heavy (non-hydrogen) atoms. The van der Waals surface area contributed by atoms with Gasteiger partial charge in [0.25, 0.3) is 0 Å². The molecule has 0 unspecified atom stereocenters. The first-order chi connectivity index (χ1) is 16.0. The third kappa shape index (κ3) is 4.53. The van der Waals surface area contributed by atoms with Crippen molar-refractivity contribution in [1.82, 2.24) is 39.3 Å². The Morgan fingerprint density at radius 3 is 2.88 bits per heavy atom. The van der Waals surface area contributed by atoms with Crippen LogP contribution in [-0.2, 0) is 24.1 Å². The van der Waals surface area contributed by atoms with E-state index in [-0.39, 0.29) is 6.10 Å². The summed E-state index contributed by atoms with van der Waals surface area (Å²) in [5, 5.41) is 21.8. The maximum atomic E-state index is 5.90. The molecule has 1 saturated heterocycles. The van der Waals surface area contributed by atoms with E-state index in [1.54, 1.807) is 16.4 Å². The van der Waals surface area contributed by atoms with Gasteiger partial charge in [0, 0.05) is 19.9 Å². The highest BCUT2D eigenvalue weighted by molar-refractivity contribution is 7.98. The van der Waals surface area contributed by atoms with E-state index in [9.17, 15) is 0 Å². The molecule has 3 aromatic heterocycles. The zero-order chi connectivity index (χ0) is 22.9. The van der Waals surface area contributed by atoms with Crippen LogP contribution in [-0.4, -0.2) is 52.0 Å². The minimum absolute atomic E-state index is 0.160. The number of benzene rings is 1. The number of thioether (sulfide) groups is 1. The van der Waals surface area contributed by atoms with Gasteiger partial charge >= 0.3 is 0 Å². The molecule has 11 heteroatoms. The summed E-state index contributed by atoms with van der Waals surface area (Å²) in [5.74, 6) is 2.18. The number of aromatic amines is 1. The number of aromatic nitrogens is 8. The van der Waals surface area contributed by atoms with Crippen molar-refractivity contribution in [2.24, 2.45) is 7.05 Å². The van der Waals surface area contributed by atoms with Crippen molar-refractivity contribution in [2.45, 2.75) is 50.2 Å². The minimum Gasteiger partial charge on any atom is -0.376 e. The lowest BCUT2D eigenvalue weighted by molar-refractivity contribution is 0.0953. The highest BCUT2D eigenvalue weighted by atomic mass is 32.2. The predicted octanol–water partition coefficient (Wildman–Crippen LogP) is 4.01. The number of nitrogens with one attached hydrogen (secondary N) is 1. The van der Waals surface area contributed by atoms with Crippen LogP contribution < -0.4 is 0 Å². The summed E-state index contributed by atoms with van der Waals surface area (Å²) in [6.07, 6.45) is 4.19. The van der Waals surface area contributed by atoms with Crippen molar-refractivity contribution < 1.29 is 4.74 Å². The van der Waals surface area contributed by atoms with Crippen LogP contribution in [0.15, 0.2) is 35.6 Å². The molecule has 0 saturated carbocycles. The molecule has 1 aromatic carbocycles. The molecule has 1 fully saturated rings. The van der Waals surface area contributed by atoms with Crippen molar-refractivity contribution in [2.75, 3.05) is 6.61 Å². The molecular weight excluding hydrogens is 456 g/mol. The van der Waals surface area contributed by atoms with E-state index in [1.165, 1.54) is 5.56 Å². The SMILES string of the molecule is Cc1ccc(C)c(-n2c(CSc3nnc(-c4ccn(C)n4)n3C[C@@H]3CCCO3)n[nH]c2=S)c1. The van der Waals surface area contributed by atoms with Crippen LogP contribution in [0.4, 0.5) is 0 Å². The van der Waals surface area contributed by atoms with Gasteiger partial charge in [-0.3, -0.25) is 18.9 Å². The Balaban J connectivity index is 1.45. The lowest BCUT2D eigenvalue weighted by Gasteiger charge is -2.14. The number of ether oxygens (including phenoxy) is 1. The van der Waals surface area contributed by atoms with E-state index >= 15 is 0 Å². The number of hydrogen-bond acceptors (Lipinski definition) is 7.